The molecule has 0 unspecified atom stereocenters. The maximum atomic E-state index is 12.8. The van der Waals surface area contributed by atoms with Gasteiger partial charge in [0, 0.05) is 28.3 Å². The van der Waals surface area contributed by atoms with E-state index in [1.54, 1.807) is 81.4 Å². The van der Waals surface area contributed by atoms with Gasteiger partial charge < -0.3 is 18.9 Å². The van der Waals surface area contributed by atoms with E-state index in [2.05, 4.69) is 13.2 Å². The summed E-state index contributed by atoms with van der Waals surface area (Å²) < 4.78 is 22.0. The summed E-state index contributed by atoms with van der Waals surface area (Å²) >= 11 is 0. The van der Waals surface area contributed by atoms with Gasteiger partial charge in [-0.25, -0.2) is 14.4 Å². The minimum atomic E-state index is -0.529. The Labute approximate surface area is 240 Å². The Morgan fingerprint density at radius 1 is 0.707 bits per heavy atom. The third-order valence-corrected chi connectivity index (χ3v) is 5.60. The molecule has 0 aliphatic heterocycles. The summed E-state index contributed by atoms with van der Waals surface area (Å²) in [6, 6.07) is 18.8. The zero-order chi connectivity index (χ0) is 29.9. The maximum absolute atomic E-state index is 12.8. The van der Waals surface area contributed by atoms with Crippen molar-refractivity contribution in [2.45, 2.75) is 27.7 Å². The normalized spacial score (nSPS) is 11.1. The number of benzene rings is 3. The fraction of sp³-hybridized carbons (Fsp3) is 0.147. The molecular formula is C34H32O7. The molecule has 0 atom stereocenters. The molecule has 0 saturated heterocycles. The van der Waals surface area contributed by atoms with Gasteiger partial charge in [0.05, 0.1) is 0 Å². The molecule has 0 aromatic heterocycles. The number of rotatable bonds is 11. The van der Waals surface area contributed by atoms with Crippen molar-refractivity contribution in [1.82, 2.24) is 0 Å². The molecule has 7 heteroatoms. The first-order valence-electron chi connectivity index (χ1n) is 12.8. The second-order valence-corrected chi connectivity index (χ2v) is 9.19. The van der Waals surface area contributed by atoms with Crippen LogP contribution in [0.2, 0.25) is 0 Å². The van der Waals surface area contributed by atoms with Gasteiger partial charge in [-0.2, -0.15) is 0 Å². The quantitative estimate of drug-likeness (QED) is 0.107. The summed E-state index contributed by atoms with van der Waals surface area (Å²) in [7, 11) is 0. The Balaban J connectivity index is 1.77. The van der Waals surface area contributed by atoms with Crippen LogP contribution in [-0.2, 0) is 14.4 Å². The molecule has 7 nitrogen and oxygen atoms in total. The van der Waals surface area contributed by atoms with Crippen molar-refractivity contribution in [3.05, 3.63) is 114 Å². The number of carbonyl (C=O) groups is 3. The smallest absolute Gasteiger partial charge is 0.339 e. The molecule has 3 rings (SSSR count). The van der Waals surface area contributed by atoms with Gasteiger partial charge in [0.25, 0.3) is 0 Å². The highest BCUT2D eigenvalue weighted by atomic mass is 16.5. The number of ether oxygens (including phenoxy) is 4. The van der Waals surface area contributed by atoms with Gasteiger partial charge in [-0.3, -0.25) is 0 Å². The lowest BCUT2D eigenvalue weighted by Gasteiger charge is -2.13. The van der Waals surface area contributed by atoms with E-state index in [1.165, 1.54) is 0 Å². The number of carbonyl (C=O) groups excluding carboxylic acids is 3. The van der Waals surface area contributed by atoms with Gasteiger partial charge in [0.1, 0.15) is 29.6 Å². The summed E-state index contributed by atoms with van der Waals surface area (Å²) in [5.74, 6) is 0.0761. The number of allylic oxidation sites excluding steroid dienone is 1. The van der Waals surface area contributed by atoms with Crippen LogP contribution in [0.1, 0.15) is 33.3 Å². The van der Waals surface area contributed by atoms with Crippen molar-refractivity contribution in [3.63, 3.8) is 0 Å². The first-order valence-corrected chi connectivity index (χ1v) is 12.8. The van der Waals surface area contributed by atoms with Crippen LogP contribution in [0.3, 0.4) is 0 Å². The Morgan fingerprint density at radius 2 is 1.22 bits per heavy atom. The zero-order valence-corrected chi connectivity index (χ0v) is 23.6. The van der Waals surface area contributed by atoms with Crippen LogP contribution in [0.25, 0.3) is 17.2 Å². The fourth-order valence-corrected chi connectivity index (χ4v) is 3.38. The van der Waals surface area contributed by atoms with E-state index in [0.29, 0.717) is 46.3 Å². The van der Waals surface area contributed by atoms with Gasteiger partial charge >= 0.3 is 17.9 Å². The monoisotopic (exact) mass is 552 g/mol. The molecule has 0 N–H and O–H groups in total. The molecule has 0 radical (unpaired) electrons. The predicted molar refractivity (Wildman–Crippen MR) is 159 cm³/mol. The Hall–Kier alpha value is -5.17. The molecular weight excluding hydrogens is 520 g/mol. The SMILES string of the molecule is C=C(C)C(=O)Oc1ccc(/C=C(\C)C(=O)Oc2ccc(-c3ccc(OC(=O)C(=C)C)cc3)c(OC/C=C/C)c2)cc1. The van der Waals surface area contributed by atoms with Gasteiger partial charge in [0.2, 0.25) is 0 Å². The molecule has 0 heterocycles. The lowest BCUT2D eigenvalue weighted by atomic mass is 10.0. The van der Waals surface area contributed by atoms with Gasteiger partial charge in [-0.05, 0) is 81.3 Å². The van der Waals surface area contributed by atoms with E-state index in [0.717, 1.165) is 16.7 Å². The molecule has 3 aromatic rings. The van der Waals surface area contributed by atoms with Crippen LogP contribution in [0, 0.1) is 0 Å². The third-order valence-electron chi connectivity index (χ3n) is 5.60. The molecule has 0 aliphatic rings. The minimum Gasteiger partial charge on any atom is -0.489 e. The van der Waals surface area contributed by atoms with Crippen LogP contribution in [0.4, 0.5) is 0 Å². The molecule has 0 aliphatic carbocycles. The molecule has 0 amide bonds. The summed E-state index contributed by atoms with van der Waals surface area (Å²) in [6.07, 6.45) is 5.41. The molecule has 0 saturated carbocycles. The first kappa shape index (κ1) is 30.4. The minimum absolute atomic E-state index is 0.301. The van der Waals surface area contributed by atoms with Crippen molar-refractivity contribution >= 4 is 24.0 Å². The van der Waals surface area contributed by atoms with Crippen LogP contribution in [0.15, 0.2) is 109 Å². The molecule has 0 spiro atoms. The highest BCUT2D eigenvalue weighted by molar-refractivity contribution is 5.94. The van der Waals surface area contributed by atoms with Crippen molar-refractivity contribution in [2.24, 2.45) is 0 Å². The molecule has 0 fully saturated rings. The molecule has 3 aromatic carbocycles. The first-order chi connectivity index (χ1) is 19.6. The lowest BCUT2D eigenvalue weighted by molar-refractivity contribution is -0.130. The van der Waals surface area contributed by atoms with E-state index in [9.17, 15) is 14.4 Å². The van der Waals surface area contributed by atoms with E-state index in [4.69, 9.17) is 18.9 Å². The predicted octanol–water partition coefficient (Wildman–Crippen LogP) is 7.28. The van der Waals surface area contributed by atoms with Gasteiger partial charge in [-0.1, -0.05) is 49.6 Å². The molecule has 210 valence electrons. The Morgan fingerprint density at radius 3 is 1.76 bits per heavy atom. The van der Waals surface area contributed by atoms with Crippen molar-refractivity contribution < 1.29 is 33.3 Å². The van der Waals surface area contributed by atoms with E-state index >= 15 is 0 Å². The van der Waals surface area contributed by atoms with Crippen LogP contribution >= 0.6 is 0 Å². The summed E-state index contributed by atoms with van der Waals surface area (Å²) in [6.45, 7) is 14.2. The van der Waals surface area contributed by atoms with E-state index in [-0.39, 0.29) is 0 Å². The van der Waals surface area contributed by atoms with Crippen molar-refractivity contribution in [2.75, 3.05) is 6.61 Å². The van der Waals surface area contributed by atoms with E-state index in [1.807, 2.05) is 31.2 Å². The Kier molecular flexibility index (Phi) is 10.6. The average Bonchev–Trinajstić information content (AvgIpc) is 2.94. The van der Waals surface area contributed by atoms with Crippen molar-refractivity contribution in [1.29, 1.82) is 0 Å². The fourth-order valence-electron chi connectivity index (χ4n) is 3.38. The third kappa shape index (κ3) is 8.93. The summed E-state index contributed by atoms with van der Waals surface area (Å²) in [5.41, 5.74) is 3.31. The second kappa shape index (κ2) is 14.3. The second-order valence-electron chi connectivity index (χ2n) is 9.19. The van der Waals surface area contributed by atoms with E-state index < -0.39 is 17.9 Å². The van der Waals surface area contributed by atoms with Gasteiger partial charge in [-0.15, -0.1) is 0 Å². The average molecular weight is 553 g/mol. The Bertz CT molecular complexity index is 1510. The highest BCUT2D eigenvalue weighted by Gasteiger charge is 2.14. The summed E-state index contributed by atoms with van der Waals surface area (Å²) in [5, 5.41) is 0. The van der Waals surface area contributed by atoms with Crippen molar-refractivity contribution in [3.8, 4) is 34.1 Å². The number of hydrogen-bond acceptors (Lipinski definition) is 7. The van der Waals surface area contributed by atoms with Crippen LogP contribution in [-0.4, -0.2) is 24.5 Å². The molecule has 0 bridgehead atoms. The zero-order valence-electron chi connectivity index (χ0n) is 23.6. The largest absolute Gasteiger partial charge is 0.489 e. The standard InChI is InChI=1S/C34H32O7/c1-7-8-19-38-31-21-29(17-18-30(31)26-11-15-28(16-12-26)40-33(36)23(4)5)41-34(37)24(6)20-25-9-13-27(14-10-25)39-32(35)22(2)3/h7-18,20-21H,2,4,19H2,1,3,5-6H3/b8-7+,24-20+. The van der Waals surface area contributed by atoms with Crippen LogP contribution < -0.4 is 18.9 Å². The maximum Gasteiger partial charge on any atom is 0.339 e. The van der Waals surface area contributed by atoms with Gasteiger partial charge in [0.15, 0.2) is 0 Å². The topological polar surface area (TPSA) is 88.1 Å². The highest BCUT2D eigenvalue weighted by Crippen LogP contribution is 2.35. The number of esters is 3. The number of hydrogen-bond donors (Lipinski definition) is 0. The lowest BCUT2D eigenvalue weighted by Crippen LogP contribution is -2.09. The van der Waals surface area contributed by atoms with Crippen LogP contribution in [0.5, 0.6) is 23.0 Å². The molecule has 41 heavy (non-hydrogen) atoms. The summed E-state index contributed by atoms with van der Waals surface area (Å²) in [4.78, 5) is 36.3.